The van der Waals surface area contributed by atoms with Crippen LogP contribution in [-0.2, 0) is 6.42 Å². The zero-order valence-electron chi connectivity index (χ0n) is 30.8. The van der Waals surface area contributed by atoms with E-state index in [2.05, 4.69) is 193 Å². The summed E-state index contributed by atoms with van der Waals surface area (Å²) in [6.07, 6.45) is 11.3. The largest absolute Gasteiger partial charge is 0.456 e. The van der Waals surface area contributed by atoms with Gasteiger partial charge in [-0.05, 0) is 122 Å². The smallest absolute Gasteiger partial charge is 0.136 e. The predicted octanol–water partition coefficient (Wildman–Crippen LogP) is 15.3. The second-order valence-corrected chi connectivity index (χ2v) is 14.8. The van der Waals surface area contributed by atoms with Gasteiger partial charge in [0.15, 0.2) is 0 Å². The first-order valence-electron chi connectivity index (χ1n) is 19.5. The van der Waals surface area contributed by atoms with Gasteiger partial charge >= 0.3 is 0 Å². The highest BCUT2D eigenvalue weighted by Crippen LogP contribution is 2.43. The van der Waals surface area contributed by atoms with Gasteiger partial charge in [-0.15, -0.1) is 0 Å². The summed E-state index contributed by atoms with van der Waals surface area (Å²) in [5.74, 6) is 0. The number of aryl methyl sites for hydroxylation is 1. The van der Waals surface area contributed by atoms with Crippen molar-refractivity contribution in [3.63, 3.8) is 0 Å². The second kappa shape index (κ2) is 13.3. The average molecular weight is 716 g/mol. The molecule has 0 saturated heterocycles. The maximum absolute atomic E-state index is 6.31. The van der Waals surface area contributed by atoms with Crippen LogP contribution < -0.4 is 4.90 Å². The number of para-hydroxylation sites is 1. The highest BCUT2D eigenvalue weighted by atomic mass is 16.3. The fourth-order valence-corrected chi connectivity index (χ4v) is 8.79. The number of hydrogen-bond acceptors (Lipinski definition) is 2. The molecule has 0 atom stereocenters. The topological polar surface area (TPSA) is 16.4 Å². The molecule has 56 heavy (non-hydrogen) atoms. The van der Waals surface area contributed by atoms with E-state index in [1.54, 1.807) is 0 Å². The lowest BCUT2D eigenvalue weighted by molar-refractivity contribution is 0.669. The molecule has 0 spiro atoms. The van der Waals surface area contributed by atoms with E-state index in [1.807, 2.05) is 12.1 Å². The molecule has 0 N–H and O–H groups in total. The fourth-order valence-electron chi connectivity index (χ4n) is 8.79. The molecule has 0 aliphatic heterocycles. The van der Waals surface area contributed by atoms with E-state index >= 15 is 0 Å². The van der Waals surface area contributed by atoms with Gasteiger partial charge in [-0.1, -0.05) is 152 Å². The standard InChI is InChI=1S/C54H37NO/c1-2-11-37(12-3-1)42-16-9-18-45(33-42)55(50-21-10-17-43-34-52-49(35-48(43)50)47-20-6-7-22-51(47)56-52)44-31-24-36(25-32-44)23-26-39-14-8-15-40-29-30-41-28-27-38-13-4-5-19-46(38)54(41)53(39)40/h1-4,6-18,20-35H,5,19H2. The van der Waals surface area contributed by atoms with Crippen molar-refractivity contribution in [2.75, 3.05) is 4.90 Å². The lowest BCUT2D eigenvalue weighted by atomic mass is 9.87. The van der Waals surface area contributed by atoms with Crippen molar-refractivity contribution in [1.82, 2.24) is 0 Å². The van der Waals surface area contributed by atoms with Crippen LogP contribution in [0, 0.1) is 0 Å². The van der Waals surface area contributed by atoms with Crippen LogP contribution in [0.5, 0.6) is 0 Å². The zero-order chi connectivity index (χ0) is 37.0. The number of nitrogens with zero attached hydrogens (tertiary/aromatic N) is 1. The summed E-state index contributed by atoms with van der Waals surface area (Å²) in [4.78, 5) is 2.39. The molecule has 1 heterocycles. The van der Waals surface area contributed by atoms with E-state index in [-0.39, 0.29) is 0 Å². The van der Waals surface area contributed by atoms with Gasteiger partial charge in [0.25, 0.3) is 0 Å². The number of furan rings is 1. The van der Waals surface area contributed by atoms with Crippen molar-refractivity contribution in [3.8, 4) is 11.1 Å². The Balaban J connectivity index is 1.04. The molecule has 10 aromatic rings. The molecule has 2 heteroatoms. The van der Waals surface area contributed by atoms with Crippen molar-refractivity contribution < 1.29 is 4.42 Å². The molecule has 0 fully saturated rings. The van der Waals surface area contributed by atoms with E-state index in [0.29, 0.717) is 0 Å². The predicted molar refractivity (Wildman–Crippen MR) is 239 cm³/mol. The first kappa shape index (κ1) is 32.3. The molecule has 0 unspecified atom stereocenters. The van der Waals surface area contributed by atoms with Crippen molar-refractivity contribution in [2.45, 2.75) is 12.8 Å². The van der Waals surface area contributed by atoms with E-state index in [4.69, 9.17) is 4.42 Å². The Kier molecular flexibility index (Phi) is 7.67. The van der Waals surface area contributed by atoms with Crippen LogP contribution in [0.15, 0.2) is 186 Å². The van der Waals surface area contributed by atoms with Gasteiger partial charge in [0.1, 0.15) is 11.2 Å². The van der Waals surface area contributed by atoms with Crippen LogP contribution in [0.2, 0.25) is 0 Å². The summed E-state index contributed by atoms with van der Waals surface area (Å²) in [6, 6.07) is 63.6. The Hall–Kier alpha value is -7.16. The highest BCUT2D eigenvalue weighted by Gasteiger charge is 2.19. The van der Waals surface area contributed by atoms with Gasteiger partial charge in [0.2, 0.25) is 0 Å². The minimum absolute atomic E-state index is 0.903. The Morgan fingerprint density at radius 2 is 1.25 bits per heavy atom. The van der Waals surface area contributed by atoms with E-state index in [1.165, 1.54) is 54.7 Å². The quantitative estimate of drug-likeness (QED) is 0.126. The van der Waals surface area contributed by atoms with E-state index in [0.717, 1.165) is 62.8 Å². The molecule has 2 nitrogen and oxygen atoms in total. The van der Waals surface area contributed by atoms with Gasteiger partial charge in [-0.2, -0.15) is 0 Å². The summed E-state index contributed by atoms with van der Waals surface area (Å²) in [7, 11) is 0. The average Bonchev–Trinajstić information content (AvgIpc) is 3.63. The molecule has 0 radical (unpaired) electrons. The number of rotatable bonds is 6. The lowest BCUT2D eigenvalue weighted by Crippen LogP contribution is -2.10. The molecule has 1 aromatic heterocycles. The third kappa shape index (κ3) is 5.49. The molecule has 0 bridgehead atoms. The van der Waals surface area contributed by atoms with Crippen LogP contribution in [0.25, 0.3) is 83.6 Å². The first-order chi connectivity index (χ1) is 27.7. The van der Waals surface area contributed by atoms with Gasteiger partial charge in [-0.25, -0.2) is 0 Å². The van der Waals surface area contributed by atoms with Gasteiger partial charge in [-0.3, -0.25) is 0 Å². The summed E-state index contributed by atoms with van der Waals surface area (Å²) in [6.45, 7) is 0. The van der Waals surface area contributed by atoms with Crippen molar-refractivity contribution >= 4 is 89.5 Å². The molecule has 1 aliphatic carbocycles. The molecule has 9 aromatic carbocycles. The first-order valence-corrected chi connectivity index (χ1v) is 19.5. The number of allylic oxidation sites excluding steroid dienone is 1. The van der Waals surface area contributed by atoms with Crippen LogP contribution in [0.3, 0.4) is 0 Å². The van der Waals surface area contributed by atoms with Crippen molar-refractivity contribution in [3.05, 3.63) is 204 Å². The fraction of sp³-hybridized carbons (Fsp3) is 0.0370. The van der Waals surface area contributed by atoms with E-state index in [9.17, 15) is 0 Å². The maximum atomic E-state index is 6.31. The normalized spacial score (nSPS) is 12.7. The lowest BCUT2D eigenvalue weighted by Gasteiger charge is -2.27. The summed E-state index contributed by atoms with van der Waals surface area (Å²) < 4.78 is 6.31. The summed E-state index contributed by atoms with van der Waals surface area (Å²) in [5.41, 5.74) is 12.7. The van der Waals surface area contributed by atoms with Crippen molar-refractivity contribution in [2.24, 2.45) is 0 Å². The van der Waals surface area contributed by atoms with Gasteiger partial charge < -0.3 is 9.32 Å². The third-order valence-electron chi connectivity index (χ3n) is 11.5. The molecule has 11 rings (SSSR count). The van der Waals surface area contributed by atoms with E-state index < -0.39 is 0 Å². The SMILES string of the molecule is C1=Cc2ccc3ccc4cccc(C=Cc5ccc(N(c6cccc(-c7ccccc7)c6)c6cccc7cc8oc9ccccc9c8cc67)cc5)c4c3c2CC1. The van der Waals surface area contributed by atoms with Crippen LogP contribution in [-0.4, -0.2) is 0 Å². The Morgan fingerprint density at radius 3 is 2.16 bits per heavy atom. The Morgan fingerprint density at radius 1 is 0.482 bits per heavy atom. The summed E-state index contributed by atoms with van der Waals surface area (Å²) in [5, 5.41) is 9.87. The Labute approximate surface area is 325 Å². The minimum atomic E-state index is 0.903. The minimum Gasteiger partial charge on any atom is -0.456 e. The molecule has 264 valence electrons. The second-order valence-electron chi connectivity index (χ2n) is 14.8. The van der Waals surface area contributed by atoms with Gasteiger partial charge in [0.05, 0.1) is 5.69 Å². The van der Waals surface area contributed by atoms with Crippen LogP contribution in [0.1, 0.15) is 28.7 Å². The molecule has 0 saturated carbocycles. The highest BCUT2D eigenvalue weighted by molar-refractivity contribution is 6.15. The maximum Gasteiger partial charge on any atom is 0.136 e. The van der Waals surface area contributed by atoms with Crippen LogP contribution in [0.4, 0.5) is 17.1 Å². The number of fused-ring (bicyclic) bond motifs is 9. The third-order valence-corrected chi connectivity index (χ3v) is 11.5. The number of benzene rings is 9. The van der Waals surface area contributed by atoms with Crippen molar-refractivity contribution in [1.29, 1.82) is 0 Å². The van der Waals surface area contributed by atoms with Gasteiger partial charge in [0, 0.05) is 27.5 Å². The molecule has 1 aliphatic rings. The number of hydrogen-bond donors (Lipinski definition) is 0. The zero-order valence-corrected chi connectivity index (χ0v) is 30.8. The molecule has 0 amide bonds. The molecular formula is C54H37NO. The van der Waals surface area contributed by atoms with Crippen LogP contribution >= 0.6 is 0 Å². The number of anilines is 3. The Bertz CT molecular complexity index is 3180. The monoisotopic (exact) mass is 715 g/mol. The summed E-state index contributed by atoms with van der Waals surface area (Å²) >= 11 is 0. The molecular weight excluding hydrogens is 679 g/mol.